The van der Waals surface area contributed by atoms with E-state index in [4.69, 9.17) is 19.1 Å². The molecule has 0 aromatic heterocycles. The van der Waals surface area contributed by atoms with E-state index in [-0.39, 0.29) is 32.7 Å². The van der Waals surface area contributed by atoms with Crippen LogP contribution in [0, 0.1) is 10.8 Å². The molecular weight excluding hydrogens is 472 g/mol. The van der Waals surface area contributed by atoms with Crippen molar-refractivity contribution in [1.29, 1.82) is 0 Å². The summed E-state index contributed by atoms with van der Waals surface area (Å²) >= 11 is 0. The number of hydroxylamine groups is 2. The molecule has 2 amide bonds. The van der Waals surface area contributed by atoms with E-state index < -0.39 is 35.0 Å². The zero-order valence-corrected chi connectivity index (χ0v) is 22.7. The van der Waals surface area contributed by atoms with Gasteiger partial charge in [0, 0.05) is 11.4 Å². The zero-order chi connectivity index (χ0) is 27.8. The smallest absolute Gasteiger partial charge is 0.431 e. The minimum absolute atomic E-state index is 0.0544. The summed E-state index contributed by atoms with van der Waals surface area (Å²) in [4.78, 5) is 58.1. The first-order chi connectivity index (χ1) is 16.8. The molecule has 0 aromatic rings. The molecule has 0 radical (unpaired) electrons. The van der Waals surface area contributed by atoms with E-state index in [1.807, 2.05) is 6.92 Å². The van der Waals surface area contributed by atoms with Gasteiger partial charge in [-0.2, -0.15) is 0 Å². The van der Waals surface area contributed by atoms with Crippen molar-refractivity contribution in [2.75, 3.05) is 26.3 Å². The van der Waals surface area contributed by atoms with Crippen LogP contribution in [-0.4, -0.2) is 50.4 Å². The standard InChI is InChI=1S/C24H42N4O8/c1-9-17(4)27-35-21(31)25-12-14-33-19(29)23(6,7)16-24(8,11-3)20(30)34-15-13-26-22(32)36-28-18(5)10-2/h9-10,27-28H,11-16H2,1-8H3,(H,25,31)(H,26,32)/b17-9+,18-10+. The summed E-state index contributed by atoms with van der Waals surface area (Å²) in [5, 5.41) is 4.91. The summed E-state index contributed by atoms with van der Waals surface area (Å²) in [5.41, 5.74) is 4.30. The van der Waals surface area contributed by atoms with Gasteiger partial charge in [-0.15, -0.1) is 0 Å². The van der Waals surface area contributed by atoms with Crippen LogP contribution in [0.4, 0.5) is 9.59 Å². The van der Waals surface area contributed by atoms with Gasteiger partial charge in [-0.05, 0) is 61.3 Å². The third-order valence-electron chi connectivity index (χ3n) is 5.34. The van der Waals surface area contributed by atoms with Gasteiger partial charge in [0.1, 0.15) is 13.2 Å². The van der Waals surface area contributed by atoms with Gasteiger partial charge in [0.05, 0.1) is 23.9 Å². The molecule has 12 nitrogen and oxygen atoms in total. The van der Waals surface area contributed by atoms with E-state index in [9.17, 15) is 19.2 Å². The minimum Gasteiger partial charge on any atom is -0.463 e. The maximum atomic E-state index is 12.8. The molecule has 1 atom stereocenters. The summed E-state index contributed by atoms with van der Waals surface area (Å²) < 4.78 is 10.6. The lowest BCUT2D eigenvalue weighted by Crippen LogP contribution is -2.40. The van der Waals surface area contributed by atoms with Gasteiger partial charge in [-0.25, -0.2) is 20.5 Å². The number of hydrogen-bond donors (Lipinski definition) is 4. The van der Waals surface area contributed by atoms with Crippen LogP contribution in [0.25, 0.3) is 0 Å². The minimum atomic E-state index is -0.993. The lowest BCUT2D eigenvalue weighted by atomic mass is 9.72. The van der Waals surface area contributed by atoms with Crippen molar-refractivity contribution >= 4 is 24.1 Å². The predicted octanol–water partition coefficient (Wildman–Crippen LogP) is 3.21. The zero-order valence-electron chi connectivity index (χ0n) is 22.7. The molecule has 12 heteroatoms. The maximum absolute atomic E-state index is 12.8. The largest absolute Gasteiger partial charge is 0.463 e. The van der Waals surface area contributed by atoms with Crippen molar-refractivity contribution in [1.82, 2.24) is 21.6 Å². The summed E-state index contributed by atoms with van der Waals surface area (Å²) in [5.74, 6) is -1.00. The van der Waals surface area contributed by atoms with E-state index in [2.05, 4.69) is 21.6 Å². The van der Waals surface area contributed by atoms with E-state index >= 15 is 0 Å². The Morgan fingerprint density at radius 1 is 0.750 bits per heavy atom. The number of esters is 2. The second-order valence-corrected chi connectivity index (χ2v) is 9.03. The molecule has 4 N–H and O–H groups in total. The lowest BCUT2D eigenvalue weighted by Gasteiger charge is -2.33. The first kappa shape index (κ1) is 32.6. The number of carbonyl (C=O) groups is 4. The normalized spacial score (nSPS) is 13.6. The molecule has 1 unspecified atom stereocenters. The van der Waals surface area contributed by atoms with E-state index in [0.29, 0.717) is 17.8 Å². The fraction of sp³-hybridized carbons (Fsp3) is 0.667. The highest BCUT2D eigenvalue weighted by molar-refractivity contribution is 5.80. The monoisotopic (exact) mass is 514 g/mol. The van der Waals surface area contributed by atoms with Crippen molar-refractivity contribution < 1.29 is 38.3 Å². The van der Waals surface area contributed by atoms with E-state index in [0.717, 1.165) is 0 Å². The van der Waals surface area contributed by atoms with Crippen LogP contribution >= 0.6 is 0 Å². The van der Waals surface area contributed by atoms with Crippen LogP contribution < -0.4 is 21.6 Å². The van der Waals surface area contributed by atoms with Gasteiger partial charge in [0.25, 0.3) is 0 Å². The molecule has 0 rings (SSSR count). The van der Waals surface area contributed by atoms with Crippen LogP contribution in [-0.2, 0) is 28.7 Å². The highest BCUT2D eigenvalue weighted by Gasteiger charge is 2.42. The molecule has 206 valence electrons. The summed E-state index contributed by atoms with van der Waals surface area (Å²) in [6.07, 6.45) is 2.66. The number of ether oxygens (including phenoxy) is 2. The number of hydrogen-bond acceptors (Lipinski definition) is 10. The molecule has 0 saturated carbocycles. The average molecular weight is 515 g/mol. The average Bonchev–Trinajstić information content (AvgIpc) is 2.85. The number of carbonyl (C=O) groups excluding carboxylic acids is 4. The Bertz CT molecular complexity index is 810. The molecule has 0 bridgehead atoms. The summed E-state index contributed by atoms with van der Waals surface area (Å²) in [6, 6.07) is 0. The number of allylic oxidation sites excluding steroid dienone is 4. The molecule has 0 aliphatic heterocycles. The van der Waals surface area contributed by atoms with Gasteiger partial charge < -0.3 is 29.8 Å². The predicted molar refractivity (Wildman–Crippen MR) is 133 cm³/mol. The first-order valence-electron chi connectivity index (χ1n) is 11.8. The van der Waals surface area contributed by atoms with Crippen molar-refractivity contribution in [2.45, 2.75) is 68.2 Å². The van der Waals surface area contributed by atoms with Crippen LogP contribution in [0.5, 0.6) is 0 Å². The van der Waals surface area contributed by atoms with Gasteiger partial charge in [0.2, 0.25) is 0 Å². The van der Waals surface area contributed by atoms with Crippen molar-refractivity contribution in [3.8, 4) is 0 Å². The van der Waals surface area contributed by atoms with Gasteiger partial charge in [-0.1, -0.05) is 19.1 Å². The summed E-state index contributed by atoms with van der Waals surface area (Å²) in [7, 11) is 0. The Labute approximate surface area is 213 Å². The fourth-order valence-corrected chi connectivity index (χ4v) is 2.80. The first-order valence-corrected chi connectivity index (χ1v) is 11.8. The SMILES string of the molecule is C/C=C(\C)NOC(=O)NCCOC(=O)C(C)(C)CC(C)(CC)C(=O)OCCNC(=O)ON/C(C)=C/C. The molecule has 0 aromatic carbocycles. The maximum Gasteiger partial charge on any atom is 0.431 e. The van der Waals surface area contributed by atoms with E-state index in [1.54, 1.807) is 60.6 Å². The third kappa shape index (κ3) is 12.9. The Morgan fingerprint density at radius 3 is 1.56 bits per heavy atom. The fourth-order valence-electron chi connectivity index (χ4n) is 2.80. The topological polar surface area (TPSA) is 153 Å². The lowest BCUT2D eigenvalue weighted by molar-refractivity contribution is -0.163. The second kappa shape index (κ2) is 16.3. The van der Waals surface area contributed by atoms with Gasteiger partial charge >= 0.3 is 24.1 Å². The quantitative estimate of drug-likeness (QED) is 0.111. The third-order valence-corrected chi connectivity index (χ3v) is 5.34. The molecule has 0 saturated heterocycles. The molecule has 36 heavy (non-hydrogen) atoms. The molecule has 0 aliphatic carbocycles. The van der Waals surface area contributed by atoms with Crippen molar-refractivity contribution in [2.24, 2.45) is 10.8 Å². The molecule has 0 aliphatic rings. The Balaban J connectivity index is 4.54. The van der Waals surface area contributed by atoms with Gasteiger partial charge in [0.15, 0.2) is 0 Å². The highest BCUT2D eigenvalue weighted by atomic mass is 16.7. The highest BCUT2D eigenvalue weighted by Crippen LogP contribution is 2.38. The van der Waals surface area contributed by atoms with Crippen molar-refractivity contribution in [3.63, 3.8) is 0 Å². The molecule has 0 heterocycles. The summed E-state index contributed by atoms with van der Waals surface area (Å²) in [6.45, 7) is 13.9. The molecular formula is C24H42N4O8. The van der Waals surface area contributed by atoms with Crippen LogP contribution in [0.15, 0.2) is 23.5 Å². The Kier molecular flexibility index (Phi) is 14.7. The van der Waals surface area contributed by atoms with Crippen LogP contribution in [0.3, 0.4) is 0 Å². The molecule has 0 fully saturated rings. The van der Waals surface area contributed by atoms with Gasteiger partial charge in [-0.3, -0.25) is 9.59 Å². The van der Waals surface area contributed by atoms with Crippen LogP contribution in [0.2, 0.25) is 0 Å². The van der Waals surface area contributed by atoms with E-state index in [1.165, 1.54) is 0 Å². The second-order valence-electron chi connectivity index (χ2n) is 9.03. The van der Waals surface area contributed by atoms with Crippen molar-refractivity contribution in [3.05, 3.63) is 23.5 Å². The number of amides is 2. The number of rotatable bonds is 15. The Hall–Kier alpha value is -3.44. The van der Waals surface area contributed by atoms with Crippen LogP contribution in [0.1, 0.15) is 68.2 Å². The Morgan fingerprint density at radius 2 is 1.17 bits per heavy atom. The number of nitrogens with one attached hydrogen (secondary N) is 4. The molecule has 0 spiro atoms.